The van der Waals surface area contributed by atoms with Gasteiger partial charge in [0.25, 0.3) is 0 Å². The van der Waals surface area contributed by atoms with Crippen LogP contribution < -0.4 is 9.47 Å². The van der Waals surface area contributed by atoms with Crippen LogP contribution >= 0.6 is 11.6 Å². The molecular weight excluding hydrogens is 290 g/mol. The van der Waals surface area contributed by atoms with Gasteiger partial charge in [0.2, 0.25) is 0 Å². The zero-order valence-corrected chi connectivity index (χ0v) is 12.5. The molecule has 0 saturated carbocycles. The van der Waals surface area contributed by atoms with Crippen LogP contribution in [-0.2, 0) is 5.88 Å². The highest BCUT2D eigenvalue weighted by Crippen LogP contribution is 2.31. The molecule has 3 aromatic rings. The zero-order chi connectivity index (χ0) is 14.8. The number of pyridine rings is 1. The second-order valence-corrected chi connectivity index (χ2v) is 4.67. The van der Waals surface area contributed by atoms with E-state index in [4.69, 9.17) is 21.1 Å². The Labute approximate surface area is 127 Å². The van der Waals surface area contributed by atoms with Gasteiger partial charge in [0.1, 0.15) is 11.3 Å². The van der Waals surface area contributed by atoms with Gasteiger partial charge >= 0.3 is 0 Å². The number of benzene rings is 1. The number of hydrogen-bond acceptors (Lipinski definition) is 4. The summed E-state index contributed by atoms with van der Waals surface area (Å²) in [5, 5.41) is 0. The van der Waals surface area contributed by atoms with Crippen LogP contribution in [0.5, 0.6) is 11.5 Å². The van der Waals surface area contributed by atoms with Gasteiger partial charge < -0.3 is 9.47 Å². The first-order chi connectivity index (χ1) is 10.3. The molecule has 0 unspecified atom stereocenters. The molecule has 0 spiro atoms. The quantitative estimate of drug-likeness (QED) is 0.695. The topological polar surface area (TPSA) is 49.2 Å². The van der Waals surface area contributed by atoms with Gasteiger partial charge in [-0.1, -0.05) is 0 Å². The maximum Gasteiger partial charge on any atom is 0.162 e. The molecule has 0 aliphatic rings. The minimum atomic E-state index is 0.309. The molecule has 3 rings (SSSR count). The number of alkyl halides is 1. The van der Waals surface area contributed by atoms with Gasteiger partial charge in [-0.3, -0.25) is 9.55 Å². The predicted molar refractivity (Wildman–Crippen MR) is 81.5 cm³/mol. The molecule has 0 radical (unpaired) electrons. The SMILES string of the molecule is COc1ccc(-n2c(CCl)nc3cnccc32)cc1OC. The first-order valence-electron chi connectivity index (χ1n) is 6.38. The third kappa shape index (κ3) is 2.29. The second kappa shape index (κ2) is 5.61. The number of imidazole rings is 1. The molecule has 0 aliphatic carbocycles. The number of hydrogen-bond donors (Lipinski definition) is 0. The fourth-order valence-corrected chi connectivity index (χ4v) is 2.50. The molecule has 108 valence electrons. The van der Waals surface area contributed by atoms with E-state index in [0.29, 0.717) is 17.4 Å². The maximum atomic E-state index is 6.03. The van der Waals surface area contributed by atoms with Crippen molar-refractivity contribution in [2.75, 3.05) is 14.2 Å². The van der Waals surface area contributed by atoms with Crippen LogP contribution in [-0.4, -0.2) is 28.8 Å². The van der Waals surface area contributed by atoms with E-state index >= 15 is 0 Å². The molecule has 0 aliphatic heterocycles. The average Bonchev–Trinajstić information content (AvgIpc) is 2.92. The molecule has 21 heavy (non-hydrogen) atoms. The number of rotatable bonds is 4. The van der Waals surface area contributed by atoms with Crippen LogP contribution in [0.15, 0.2) is 36.7 Å². The fourth-order valence-electron chi connectivity index (χ4n) is 2.32. The standard InChI is InChI=1S/C15H14ClN3O2/c1-20-13-4-3-10(7-14(13)21-2)19-12-5-6-17-9-11(12)18-15(19)8-16/h3-7,9H,8H2,1-2H3. The molecule has 0 fully saturated rings. The molecule has 0 saturated heterocycles. The smallest absolute Gasteiger partial charge is 0.162 e. The van der Waals surface area contributed by atoms with Crippen molar-refractivity contribution in [3.63, 3.8) is 0 Å². The normalized spacial score (nSPS) is 10.8. The molecule has 0 atom stereocenters. The summed E-state index contributed by atoms with van der Waals surface area (Å²) in [5.74, 6) is 2.40. The van der Waals surface area contributed by atoms with Crippen LogP contribution in [0.1, 0.15) is 5.82 Å². The maximum absolute atomic E-state index is 6.03. The molecule has 0 amide bonds. The van der Waals surface area contributed by atoms with E-state index in [0.717, 1.165) is 22.5 Å². The summed E-state index contributed by atoms with van der Waals surface area (Å²) >= 11 is 6.03. The molecule has 0 N–H and O–H groups in total. The van der Waals surface area contributed by atoms with Gasteiger partial charge in [-0.25, -0.2) is 4.98 Å². The number of nitrogens with zero attached hydrogens (tertiary/aromatic N) is 3. The average molecular weight is 304 g/mol. The monoisotopic (exact) mass is 303 g/mol. The summed E-state index contributed by atoms with van der Waals surface area (Å²) < 4.78 is 12.6. The van der Waals surface area contributed by atoms with E-state index in [2.05, 4.69) is 9.97 Å². The molecule has 1 aromatic carbocycles. The summed E-state index contributed by atoms with van der Waals surface area (Å²) in [6, 6.07) is 7.61. The summed E-state index contributed by atoms with van der Waals surface area (Å²) in [6.45, 7) is 0. The lowest BCUT2D eigenvalue weighted by atomic mass is 10.2. The summed E-state index contributed by atoms with van der Waals surface area (Å²) in [7, 11) is 3.22. The fraction of sp³-hybridized carbons (Fsp3) is 0.200. The first kappa shape index (κ1) is 13.7. The van der Waals surface area contributed by atoms with Gasteiger partial charge in [0.15, 0.2) is 11.5 Å². The predicted octanol–water partition coefficient (Wildman–Crippen LogP) is 3.18. The highest BCUT2D eigenvalue weighted by molar-refractivity contribution is 6.17. The van der Waals surface area contributed by atoms with Crippen molar-refractivity contribution in [1.29, 1.82) is 0 Å². The van der Waals surface area contributed by atoms with Crippen molar-refractivity contribution < 1.29 is 9.47 Å². The molecule has 0 bridgehead atoms. The Kier molecular flexibility index (Phi) is 3.66. The summed E-state index contributed by atoms with van der Waals surface area (Å²) in [6.07, 6.45) is 3.46. The van der Waals surface area contributed by atoms with Gasteiger partial charge in [-0.2, -0.15) is 0 Å². The Morgan fingerprint density at radius 2 is 1.95 bits per heavy atom. The number of halogens is 1. The van der Waals surface area contributed by atoms with Crippen LogP contribution in [0.3, 0.4) is 0 Å². The van der Waals surface area contributed by atoms with E-state index in [1.165, 1.54) is 0 Å². The van der Waals surface area contributed by atoms with E-state index in [-0.39, 0.29) is 0 Å². The number of ether oxygens (including phenoxy) is 2. The van der Waals surface area contributed by atoms with E-state index in [9.17, 15) is 0 Å². The van der Waals surface area contributed by atoms with E-state index < -0.39 is 0 Å². The third-order valence-corrected chi connectivity index (χ3v) is 3.51. The van der Waals surface area contributed by atoms with Crippen LogP contribution in [0.4, 0.5) is 0 Å². The van der Waals surface area contributed by atoms with Crippen LogP contribution in [0.2, 0.25) is 0 Å². The van der Waals surface area contributed by atoms with Crippen molar-refractivity contribution in [3.05, 3.63) is 42.5 Å². The highest BCUT2D eigenvalue weighted by Gasteiger charge is 2.13. The van der Waals surface area contributed by atoms with Gasteiger partial charge in [-0.05, 0) is 18.2 Å². The molecule has 5 nitrogen and oxygen atoms in total. The minimum absolute atomic E-state index is 0.309. The largest absolute Gasteiger partial charge is 0.493 e. The Bertz CT molecular complexity index is 786. The Morgan fingerprint density at radius 3 is 2.67 bits per heavy atom. The lowest BCUT2D eigenvalue weighted by molar-refractivity contribution is 0.355. The Balaban J connectivity index is 2.24. The molecular formula is C15H14ClN3O2. The first-order valence-corrected chi connectivity index (χ1v) is 6.91. The zero-order valence-electron chi connectivity index (χ0n) is 11.7. The van der Waals surface area contributed by atoms with Gasteiger partial charge in [0, 0.05) is 12.3 Å². The van der Waals surface area contributed by atoms with E-state index in [1.54, 1.807) is 26.6 Å². The van der Waals surface area contributed by atoms with Gasteiger partial charge in [0.05, 0.1) is 37.5 Å². The van der Waals surface area contributed by atoms with Crippen molar-refractivity contribution in [1.82, 2.24) is 14.5 Å². The molecule has 2 heterocycles. The molecule has 2 aromatic heterocycles. The van der Waals surface area contributed by atoms with Crippen molar-refractivity contribution in [2.45, 2.75) is 5.88 Å². The van der Waals surface area contributed by atoms with Crippen molar-refractivity contribution in [2.24, 2.45) is 0 Å². The van der Waals surface area contributed by atoms with Crippen molar-refractivity contribution >= 4 is 22.6 Å². The Morgan fingerprint density at radius 1 is 1.14 bits per heavy atom. The van der Waals surface area contributed by atoms with Crippen molar-refractivity contribution in [3.8, 4) is 17.2 Å². The van der Waals surface area contributed by atoms with Crippen LogP contribution in [0, 0.1) is 0 Å². The second-order valence-electron chi connectivity index (χ2n) is 4.40. The summed E-state index contributed by atoms with van der Waals surface area (Å²) in [5.41, 5.74) is 2.67. The minimum Gasteiger partial charge on any atom is -0.493 e. The van der Waals surface area contributed by atoms with E-state index in [1.807, 2.05) is 28.8 Å². The number of fused-ring (bicyclic) bond motifs is 1. The lowest BCUT2D eigenvalue weighted by Crippen LogP contribution is -2.00. The highest BCUT2D eigenvalue weighted by atomic mass is 35.5. The number of aromatic nitrogens is 3. The molecule has 6 heteroatoms. The lowest BCUT2D eigenvalue weighted by Gasteiger charge is -2.12. The summed E-state index contributed by atoms with van der Waals surface area (Å²) in [4.78, 5) is 8.59. The third-order valence-electron chi connectivity index (χ3n) is 3.27. The Hall–Kier alpha value is -2.27. The number of methoxy groups -OCH3 is 2. The van der Waals surface area contributed by atoms with Crippen LogP contribution in [0.25, 0.3) is 16.7 Å². The van der Waals surface area contributed by atoms with Gasteiger partial charge in [-0.15, -0.1) is 11.6 Å².